The highest BCUT2D eigenvalue weighted by Gasteiger charge is 2.10. The highest BCUT2D eigenvalue weighted by atomic mass is 35.5. The molecular weight excluding hydrogens is 403 g/mol. The third kappa shape index (κ3) is 5.69. The van der Waals surface area contributed by atoms with E-state index in [1.807, 2.05) is 30.3 Å². The predicted octanol–water partition coefficient (Wildman–Crippen LogP) is 5.91. The van der Waals surface area contributed by atoms with Crippen molar-refractivity contribution in [3.8, 4) is 11.5 Å². The van der Waals surface area contributed by atoms with Gasteiger partial charge in [0.2, 0.25) is 0 Å². The van der Waals surface area contributed by atoms with Crippen molar-refractivity contribution in [3.63, 3.8) is 0 Å². The first-order valence-electron chi connectivity index (χ1n) is 7.91. The number of anilines is 1. The number of amides is 1. The molecule has 7 heteroatoms. The summed E-state index contributed by atoms with van der Waals surface area (Å²) >= 11 is 17.0. The zero-order valence-corrected chi connectivity index (χ0v) is 16.2. The van der Waals surface area contributed by atoms with Crippen LogP contribution >= 0.6 is 35.4 Å². The molecule has 0 fully saturated rings. The lowest BCUT2D eigenvalue weighted by molar-refractivity contribution is 0.0977. The smallest absolute Gasteiger partial charge is 0.257 e. The standard InChI is InChI=1S/C20H14Cl2N2O2S/c21-14-10-13(11-15(22)12-14)19(25)24-20(27)23-16-6-8-18(9-7-16)26-17-4-2-1-3-5-17/h1-12H,(H2,23,24,25,27). The number of benzene rings is 3. The lowest BCUT2D eigenvalue weighted by atomic mass is 10.2. The van der Waals surface area contributed by atoms with Gasteiger partial charge in [-0.2, -0.15) is 0 Å². The van der Waals surface area contributed by atoms with E-state index in [1.54, 1.807) is 30.3 Å². The molecule has 0 radical (unpaired) electrons. The Morgan fingerprint density at radius 2 is 1.44 bits per heavy atom. The van der Waals surface area contributed by atoms with Gasteiger partial charge in [0.1, 0.15) is 11.5 Å². The van der Waals surface area contributed by atoms with Crippen molar-refractivity contribution in [3.05, 3.63) is 88.4 Å². The van der Waals surface area contributed by atoms with E-state index >= 15 is 0 Å². The number of carbonyl (C=O) groups excluding carboxylic acids is 1. The lowest BCUT2D eigenvalue weighted by Gasteiger charge is -2.11. The molecule has 0 bridgehead atoms. The minimum atomic E-state index is -0.402. The summed E-state index contributed by atoms with van der Waals surface area (Å²) in [6.45, 7) is 0. The molecule has 0 saturated carbocycles. The van der Waals surface area contributed by atoms with Crippen LogP contribution in [0.4, 0.5) is 5.69 Å². The maximum Gasteiger partial charge on any atom is 0.257 e. The van der Waals surface area contributed by atoms with E-state index < -0.39 is 5.91 Å². The second-order valence-corrected chi connectivity index (χ2v) is 6.79. The van der Waals surface area contributed by atoms with Crippen molar-refractivity contribution in [1.82, 2.24) is 5.32 Å². The van der Waals surface area contributed by atoms with E-state index in [0.29, 0.717) is 27.0 Å². The fourth-order valence-electron chi connectivity index (χ4n) is 2.25. The van der Waals surface area contributed by atoms with Gasteiger partial charge in [-0.25, -0.2) is 0 Å². The predicted molar refractivity (Wildman–Crippen MR) is 113 cm³/mol. The highest BCUT2D eigenvalue weighted by Crippen LogP contribution is 2.23. The van der Waals surface area contributed by atoms with Crippen LogP contribution in [0.25, 0.3) is 0 Å². The van der Waals surface area contributed by atoms with Gasteiger partial charge in [-0.05, 0) is 66.8 Å². The Hall–Kier alpha value is -2.60. The summed E-state index contributed by atoms with van der Waals surface area (Å²) in [4.78, 5) is 12.2. The average molecular weight is 417 g/mol. The van der Waals surface area contributed by atoms with Crippen LogP contribution in [0.15, 0.2) is 72.8 Å². The Morgan fingerprint density at radius 3 is 2.07 bits per heavy atom. The van der Waals surface area contributed by atoms with Gasteiger partial charge in [0.05, 0.1) is 0 Å². The van der Waals surface area contributed by atoms with Gasteiger partial charge in [-0.3, -0.25) is 10.1 Å². The first-order chi connectivity index (χ1) is 13.0. The van der Waals surface area contributed by atoms with Crippen LogP contribution < -0.4 is 15.4 Å². The molecule has 0 aromatic heterocycles. The molecule has 0 aliphatic carbocycles. The maximum absolute atomic E-state index is 12.2. The van der Waals surface area contributed by atoms with E-state index in [0.717, 1.165) is 5.75 Å². The summed E-state index contributed by atoms with van der Waals surface area (Å²) in [5.41, 5.74) is 1.04. The molecule has 0 unspecified atom stereocenters. The normalized spacial score (nSPS) is 10.1. The number of carbonyl (C=O) groups is 1. The zero-order valence-electron chi connectivity index (χ0n) is 13.9. The number of para-hydroxylation sites is 1. The molecule has 4 nitrogen and oxygen atoms in total. The maximum atomic E-state index is 12.2. The van der Waals surface area contributed by atoms with E-state index in [1.165, 1.54) is 12.1 Å². The summed E-state index contributed by atoms with van der Waals surface area (Å²) in [5, 5.41) is 6.44. The third-order valence-electron chi connectivity index (χ3n) is 3.44. The first-order valence-corrected chi connectivity index (χ1v) is 9.07. The minimum absolute atomic E-state index is 0.160. The number of nitrogens with one attached hydrogen (secondary N) is 2. The largest absolute Gasteiger partial charge is 0.457 e. The van der Waals surface area contributed by atoms with Gasteiger partial charge in [0, 0.05) is 21.3 Å². The summed E-state index contributed by atoms with van der Waals surface area (Å²) in [5.74, 6) is 1.04. The van der Waals surface area contributed by atoms with Crippen LogP contribution in [0.5, 0.6) is 11.5 Å². The minimum Gasteiger partial charge on any atom is -0.457 e. The molecule has 3 aromatic carbocycles. The van der Waals surface area contributed by atoms with E-state index in [9.17, 15) is 4.79 Å². The molecule has 27 heavy (non-hydrogen) atoms. The molecule has 0 saturated heterocycles. The molecule has 2 N–H and O–H groups in total. The van der Waals surface area contributed by atoms with E-state index in [-0.39, 0.29) is 5.11 Å². The lowest BCUT2D eigenvalue weighted by Crippen LogP contribution is -2.34. The molecule has 1 amide bonds. The Balaban J connectivity index is 1.58. The van der Waals surface area contributed by atoms with Crippen molar-refractivity contribution in [1.29, 1.82) is 0 Å². The molecule has 3 aromatic rings. The van der Waals surface area contributed by atoms with Crippen LogP contribution in [0, 0.1) is 0 Å². The van der Waals surface area contributed by atoms with Crippen LogP contribution in [0.3, 0.4) is 0 Å². The van der Waals surface area contributed by atoms with Gasteiger partial charge in [0.15, 0.2) is 5.11 Å². The zero-order chi connectivity index (χ0) is 19.2. The molecule has 0 atom stereocenters. The summed E-state index contributed by atoms with van der Waals surface area (Å²) < 4.78 is 5.73. The molecule has 136 valence electrons. The Labute approximate surface area is 172 Å². The summed E-state index contributed by atoms with van der Waals surface area (Å²) in [6, 6.07) is 21.3. The van der Waals surface area contributed by atoms with Crippen molar-refractivity contribution < 1.29 is 9.53 Å². The quantitative estimate of drug-likeness (QED) is 0.518. The second kappa shape index (κ2) is 8.86. The molecule has 3 rings (SSSR count). The Kier molecular flexibility index (Phi) is 6.29. The van der Waals surface area contributed by atoms with Gasteiger partial charge < -0.3 is 10.1 Å². The van der Waals surface area contributed by atoms with Gasteiger partial charge in [0.25, 0.3) is 5.91 Å². The van der Waals surface area contributed by atoms with Crippen molar-refractivity contribution in [2.24, 2.45) is 0 Å². The van der Waals surface area contributed by atoms with Gasteiger partial charge >= 0.3 is 0 Å². The Morgan fingerprint density at radius 1 is 0.852 bits per heavy atom. The summed E-state index contributed by atoms with van der Waals surface area (Å²) in [6.07, 6.45) is 0. The molecule has 0 spiro atoms. The molecular formula is C20H14Cl2N2O2S. The van der Waals surface area contributed by atoms with Crippen LogP contribution in [-0.4, -0.2) is 11.0 Å². The SMILES string of the molecule is O=C(NC(=S)Nc1ccc(Oc2ccccc2)cc1)c1cc(Cl)cc(Cl)c1. The van der Waals surface area contributed by atoms with Crippen LogP contribution in [0.2, 0.25) is 10.0 Å². The van der Waals surface area contributed by atoms with E-state index in [2.05, 4.69) is 10.6 Å². The second-order valence-electron chi connectivity index (χ2n) is 5.51. The van der Waals surface area contributed by atoms with Crippen molar-refractivity contribution in [2.45, 2.75) is 0 Å². The number of hydrogen-bond donors (Lipinski definition) is 2. The highest BCUT2D eigenvalue weighted by molar-refractivity contribution is 7.80. The molecule has 0 aliphatic heterocycles. The average Bonchev–Trinajstić information content (AvgIpc) is 2.63. The van der Waals surface area contributed by atoms with Gasteiger partial charge in [-0.1, -0.05) is 41.4 Å². The number of halogens is 2. The monoisotopic (exact) mass is 416 g/mol. The fraction of sp³-hybridized carbons (Fsp3) is 0. The number of thiocarbonyl (C=S) groups is 1. The molecule has 0 aliphatic rings. The number of ether oxygens (including phenoxy) is 1. The molecule has 0 heterocycles. The first kappa shape index (κ1) is 19.2. The van der Waals surface area contributed by atoms with Crippen molar-refractivity contribution >= 4 is 52.1 Å². The Bertz CT molecular complexity index is 943. The topological polar surface area (TPSA) is 50.4 Å². The van der Waals surface area contributed by atoms with Crippen LogP contribution in [0.1, 0.15) is 10.4 Å². The fourth-order valence-corrected chi connectivity index (χ4v) is 2.99. The van der Waals surface area contributed by atoms with Crippen LogP contribution in [-0.2, 0) is 0 Å². The van der Waals surface area contributed by atoms with Gasteiger partial charge in [-0.15, -0.1) is 0 Å². The third-order valence-corrected chi connectivity index (χ3v) is 4.08. The van der Waals surface area contributed by atoms with E-state index in [4.69, 9.17) is 40.2 Å². The van der Waals surface area contributed by atoms with Crippen molar-refractivity contribution in [2.75, 3.05) is 5.32 Å². The number of rotatable bonds is 4. The number of hydrogen-bond acceptors (Lipinski definition) is 3. The summed E-state index contributed by atoms with van der Waals surface area (Å²) in [7, 11) is 0.